The van der Waals surface area contributed by atoms with Crippen molar-refractivity contribution in [2.75, 3.05) is 5.33 Å². The van der Waals surface area contributed by atoms with Crippen molar-refractivity contribution >= 4 is 21.8 Å². The molecule has 0 saturated heterocycles. The van der Waals surface area contributed by atoms with Gasteiger partial charge in [-0.15, -0.1) is 0 Å². The molecule has 3 heteroatoms. The number of amides is 1. The lowest BCUT2D eigenvalue weighted by Gasteiger charge is -2.41. The quantitative estimate of drug-likeness (QED) is 0.850. The average Bonchev–Trinajstić information content (AvgIpc) is 2.28. The Bertz CT molecular complexity index is 446. The molecule has 18 heavy (non-hydrogen) atoms. The zero-order valence-electron chi connectivity index (χ0n) is 11.1. The SMILES string of the molecule is Cc1ccc(C)c(CC(=O)NC2(CBr)CCC2)c1. The van der Waals surface area contributed by atoms with Gasteiger partial charge >= 0.3 is 0 Å². The molecular formula is C15H20BrNO. The molecule has 1 amide bonds. The zero-order chi connectivity index (χ0) is 13.2. The fraction of sp³-hybridized carbons (Fsp3) is 0.533. The maximum atomic E-state index is 12.1. The van der Waals surface area contributed by atoms with Crippen molar-refractivity contribution < 1.29 is 4.79 Å². The normalized spacial score (nSPS) is 17.1. The number of hydrogen-bond donors (Lipinski definition) is 1. The predicted octanol–water partition coefficient (Wildman–Crippen LogP) is 3.28. The van der Waals surface area contributed by atoms with Gasteiger partial charge in [-0.2, -0.15) is 0 Å². The number of nitrogens with one attached hydrogen (secondary N) is 1. The molecule has 1 aromatic carbocycles. The molecule has 0 aliphatic heterocycles. The third-order valence-corrected chi connectivity index (χ3v) is 4.90. The van der Waals surface area contributed by atoms with Crippen LogP contribution in [0.2, 0.25) is 0 Å². The molecule has 98 valence electrons. The fourth-order valence-electron chi connectivity index (χ4n) is 2.40. The Morgan fingerprint density at radius 3 is 2.67 bits per heavy atom. The highest BCUT2D eigenvalue weighted by molar-refractivity contribution is 9.09. The predicted molar refractivity (Wildman–Crippen MR) is 78.1 cm³/mol. The van der Waals surface area contributed by atoms with Gasteiger partial charge in [-0.3, -0.25) is 4.79 Å². The minimum atomic E-state index is 0.0226. The Morgan fingerprint density at radius 1 is 1.39 bits per heavy atom. The van der Waals surface area contributed by atoms with Gasteiger partial charge in [-0.1, -0.05) is 39.7 Å². The van der Waals surface area contributed by atoms with Crippen molar-refractivity contribution in [3.05, 3.63) is 34.9 Å². The van der Waals surface area contributed by atoms with Crippen LogP contribution < -0.4 is 5.32 Å². The number of halogens is 1. The molecule has 1 aliphatic carbocycles. The Kier molecular flexibility index (Phi) is 4.10. The highest BCUT2D eigenvalue weighted by Crippen LogP contribution is 2.33. The van der Waals surface area contributed by atoms with Crippen molar-refractivity contribution in [2.45, 2.75) is 45.1 Å². The van der Waals surface area contributed by atoms with Crippen LogP contribution in [0.3, 0.4) is 0 Å². The van der Waals surface area contributed by atoms with Crippen molar-refractivity contribution in [2.24, 2.45) is 0 Å². The summed E-state index contributed by atoms with van der Waals surface area (Å²) in [6.07, 6.45) is 3.89. The highest BCUT2D eigenvalue weighted by atomic mass is 79.9. The van der Waals surface area contributed by atoms with E-state index in [9.17, 15) is 4.79 Å². The summed E-state index contributed by atoms with van der Waals surface area (Å²) in [4.78, 5) is 12.1. The first-order chi connectivity index (χ1) is 8.54. The van der Waals surface area contributed by atoms with Crippen LogP contribution >= 0.6 is 15.9 Å². The van der Waals surface area contributed by atoms with Crippen LogP contribution in [0.1, 0.15) is 36.0 Å². The lowest BCUT2D eigenvalue weighted by Crippen LogP contribution is -2.55. The average molecular weight is 310 g/mol. The summed E-state index contributed by atoms with van der Waals surface area (Å²) in [6.45, 7) is 4.12. The number of carbonyl (C=O) groups is 1. The van der Waals surface area contributed by atoms with Gasteiger partial charge in [-0.05, 0) is 44.2 Å². The van der Waals surface area contributed by atoms with Crippen molar-refractivity contribution in [1.29, 1.82) is 0 Å². The molecule has 1 aliphatic rings. The van der Waals surface area contributed by atoms with Crippen LogP contribution in [0.4, 0.5) is 0 Å². The lowest BCUT2D eigenvalue weighted by atomic mass is 9.78. The zero-order valence-corrected chi connectivity index (χ0v) is 12.6. The van der Waals surface area contributed by atoms with E-state index in [4.69, 9.17) is 0 Å². The standard InChI is InChI=1S/C15H20BrNO/c1-11-4-5-12(2)13(8-11)9-14(18)17-15(10-16)6-3-7-15/h4-5,8H,3,6-7,9-10H2,1-2H3,(H,17,18). The van der Waals surface area contributed by atoms with E-state index in [-0.39, 0.29) is 11.4 Å². The Hall–Kier alpha value is -0.830. The molecule has 0 aromatic heterocycles. The first-order valence-electron chi connectivity index (χ1n) is 6.48. The summed E-state index contributed by atoms with van der Waals surface area (Å²) in [6, 6.07) is 6.28. The number of benzene rings is 1. The van der Waals surface area contributed by atoms with Crippen LogP contribution in [0, 0.1) is 13.8 Å². The van der Waals surface area contributed by atoms with Crippen LogP contribution in [0.25, 0.3) is 0 Å². The summed E-state index contributed by atoms with van der Waals surface area (Å²) in [5.41, 5.74) is 3.56. The van der Waals surface area contributed by atoms with Crippen LogP contribution in [0.15, 0.2) is 18.2 Å². The molecule has 0 radical (unpaired) electrons. The molecule has 1 aromatic rings. The van der Waals surface area contributed by atoms with Crippen LogP contribution in [-0.4, -0.2) is 16.8 Å². The van der Waals surface area contributed by atoms with Gasteiger partial charge in [0, 0.05) is 10.9 Å². The van der Waals surface area contributed by atoms with Gasteiger partial charge in [0.1, 0.15) is 0 Å². The van der Waals surface area contributed by atoms with Gasteiger partial charge in [0.15, 0.2) is 0 Å². The van der Waals surface area contributed by atoms with Crippen molar-refractivity contribution in [1.82, 2.24) is 5.32 Å². The Balaban J connectivity index is 2.00. The van der Waals surface area contributed by atoms with E-state index in [1.54, 1.807) is 0 Å². The molecule has 0 heterocycles. The highest BCUT2D eigenvalue weighted by Gasteiger charge is 2.37. The summed E-state index contributed by atoms with van der Waals surface area (Å²) in [5, 5.41) is 4.05. The maximum Gasteiger partial charge on any atom is 0.224 e. The van der Waals surface area contributed by atoms with E-state index < -0.39 is 0 Å². The molecule has 0 bridgehead atoms. The Morgan fingerprint density at radius 2 is 2.11 bits per heavy atom. The minimum absolute atomic E-state index is 0.0226. The van der Waals surface area contributed by atoms with Gasteiger partial charge in [-0.25, -0.2) is 0 Å². The van der Waals surface area contributed by atoms with Crippen LogP contribution in [-0.2, 0) is 11.2 Å². The molecule has 2 nitrogen and oxygen atoms in total. The molecule has 0 atom stereocenters. The van der Waals surface area contributed by atoms with E-state index in [1.807, 2.05) is 0 Å². The summed E-state index contributed by atoms with van der Waals surface area (Å²) >= 11 is 3.51. The van der Waals surface area contributed by atoms with Crippen molar-refractivity contribution in [3.8, 4) is 0 Å². The third-order valence-electron chi connectivity index (χ3n) is 3.83. The first kappa shape index (κ1) is 13.6. The fourth-order valence-corrected chi connectivity index (χ4v) is 3.10. The molecule has 0 spiro atoms. The van der Waals surface area contributed by atoms with E-state index >= 15 is 0 Å². The minimum Gasteiger partial charge on any atom is -0.350 e. The maximum absolute atomic E-state index is 12.1. The number of aryl methyl sites for hydroxylation is 2. The summed E-state index contributed by atoms with van der Waals surface area (Å²) < 4.78 is 0. The Labute approximate surface area is 117 Å². The van der Waals surface area contributed by atoms with Crippen LogP contribution in [0.5, 0.6) is 0 Å². The van der Waals surface area contributed by atoms with Gasteiger partial charge < -0.3 is 5.32 Å². The van der Waals surface area contributed by atoms with E-state index in [2.05, 4.69) is 53.3 Å². The van der Waals surface area contributed by atoms with Gasteiger partial charge in [0.05, 0.1) is 6.42 Å². The first-order valence-corrected chi connectivity index (χ1v) is 7.60. The van der Waals surface area contributed by atoms with Gasteiger partial charge in [0.25, 0.3) is 0 Å². The lowest BCUT2D eigenvalue weighted by molar-refractivity contribution is -0.123. The summed E-state index contributed by atoms with van der Waals surface area (Å²) in [7, 11) is 0. The number of rotatable bonds is 4. The number of hydrogen-bond acceptors (Lipinski definition) is 1. The van der Waals surface area contributed by atoms with E-state index in [1.165, 1.54) is 17.5 Å². The van der Waals surface area contributed by atoms with E-state index in [0.29, 0.717) is 6.42 Å². The second-order valence-corrected chi connectivity index (χ2v) is 5.98. The molecule has 1 N–H and O–H groups in total. The largest absolute Gasteiger partial charge is 0.350 e. The topological polar surface area (TPSA) is 29.1 Å². The third kappa shape index (κ3) is 2.94. The van der Waals surface area contributed by atoms with Gasteiger partial charge in [0.2, 0.25) is 5.91 Å². The number of carbonyl (C=O) groups excluding carboxylic acids is 1. The second-order valence-electron chi connectivity index (χ2n) is 5.42. The molecule has 1 fully saturated rings. The van der Waals surface area contributed by atoms with E-state index in [0.717, 1.165) is 23.7 Å². The molecule has 1 saturated carbocycles. The monoisotopic (exact) mass is 309 g/mol. The smallest absolute Gasteiger partial charge is 0.224 e. The second kappa shape index (κ2) is 5.43. The molecule has 0 unspecified atom stereocenters. The van der Waals surface area contributed by atoms with Crippen molar-refractivity contribution in [3.63, 3.8) is 0 Å². The summed E-state index contributed by atoms with van der Waals surface area (Å²) in [5.74, 6) is 0.142. The molecular weight excluding hydrogens is 290 g/mol. The number of alkyl halides is 1. The molecule has 2 rings (SSSR count).